The van der Waals surface area contributed by atoms with E-state index >= 15 is 0 Å². The molecule has 0 aromatic rings. The highest BCUT2D eigenvalue weighted by Crippen LogP contribution is 2.22. The molecule has 0 spiro atoms. The van der Waals surface area contributed by atoms with Crippen LogP contribution in [0.15, 0.2) is 0 Å². The second-order valence-electron chi connectivity index (χ2n) is 3.76. The molecule has 0 aliphatic rings. The van der Waals surface area contributed by atoms with E-state index in [1.54, 1.807) is 0 Å². The summed E-state index contributed by atoms with van der Waals surface area (Å²) in [6, 6.07) is 0. The van der Waals surface area contributed by atoms with Crippen LogP contribution in [0.1, 0.15) is 20.8 Å². The van der Waals surface area contributed by atoms with Crippen LogP contribution in [0.5, 0.6) is 0 Å². The molecule has 3 nitrogen and oxygen atoms in total. The number of hydrogen-bond acceptors (Lipinski definition) is 3. The molecule has 0 fully saturated rings. The summed E-state index contributed by atoms with van der Waals surface area (Å²) in [7, 11) is -3.89. The van der Waals surface area contributed by atoms with E-state index in [0.29, 0.717) is 13.2 Å². The maximum atomic E-state index is 5.85. The standard InChI is InChI=1S/C9H24O3Si2/c1-7-10-13(4,5)14(6,11-8-2)12-9-3/h7-9H2,1-6H3. The first-order chi connectivity index (χ1) is 6.43. The molecule has 5 heteroatoms. The zero-order valence-corrected chi connectivity index (χ0v) is 12.3. The molecule has 0 radical (unpaired) electrons. The van der Waals surface area contributed by atoms with Gasteiger partial charge < -0.3 is 13.3 Å². The van der Waals surface area contributed by atoms with Gasteiger partial charge in [-0.1, -0.05) is 0 Å². The lowest BCUT2D eigenvalue weighted by Crippen LogP contribution is -2.63. The Balaban J connectivity index is 4.59. The first-order valence-corrected chi connectivity index (χ1v) is 11.6. The van der Waals surface area contributed by atoms with Crippen molar-refractivity contribution in [2.45, 2.75) is 40.4 Å². The van der Waals surface area contributed by atoms with Crippen LogP contribution in [0.2, 0.25) is 19.6 Å². The van der Waals surface area contributed by atoms with Crippen molar-refractivity contribution in [2.75, 3.05) is 19.8 Å². The molecular formula is C9H24O3Si2. The van der Waals surface area contributed by atoms with E-state index < -0.39 is 15.9 Å². The Labute approximate surface area is 89.9 Å². The van der Waals surface area contributed by atoms with Crippen molar-refractivity contribution in [2.24, 2.45) is 0 Å². The van der Waals surface area contributed by atoms with Gasteiger partial charge in [-0.25, -0.2) is 0 Å². The Hall–Kier alpha value is 0.314. The molecule has 0 unspecified atom stereocenters. The molecular weight excluding hydrogens is 212 g/mol. The van der Waals surface area contributed by atoms with Gasteiger partial charge in [-0.15, -0.1) is 0 Å². The van der Waals surface area contributed by atoms with Gasteiger partial charge in [0.2, 0.25) is 7.83 Å². The molecule has 86 valence electrons. The zero-order chi connectivity index (χ0) is 11.2. The van der Waals surface area contributed by atoms with E-state index in [1.165, 1.54) is 0 Å². The number of rotatable bonds is 7. The molecule has 0 N–H and O–H groups in total. The predicted molar refractivity (Wildman–Crippen MR) is 64.0 cm³/mol. The number of hydrogen-bond donors (Lipinski definition) is 0. The third kappa shape index (κ3) is 3.47. The third-order valence-corrected chi connectivity index (χ3v) is 15.2. The SMILES string of the molecule is CCO[Si](C)(C)[Si](C)(OCC)OCC. The van der Waals surface area contributed by atoms with E-state index in [9.17, 15) is 0 Å². The fourth-order valence-corrected chi connectivity index (χ4v) is 8.47. The van der Waals surface area contributed by atoms with E-state index in [1.807, 2.05) is 20.8 Å². The van der Waals surface area contributed by atoms with E-state index in [0.717, 1.165) is 6.61 Å². The Morgan fingerprint density at radius 2 is 1.07 bits per heavy atom. The predicted octanol–water partition coefficient (Wildman–Crippen LogP) is 2.45. The van der Waals surface area contributed by atoms with Gasteiger partial charge in [0.15, 0.2) is 0 Å². The van der Waals surface area contributed by atoms with Crippen molar-refractivity contribution in [1.29, 1.82) is 0 Å². The minimum Gasteiger partial charge on any atom is -0.414 e. The largest absolute Gasteiger partial charge is 0.414 e. The second kappa shape index (κ2) is 6.02. The minimum absolute atomic E-state index is 0.715. The summed E-state index contributed by atoms with van der Waals surface area (Å²) < 4.78 is 17.5. The summed E-state index contributed by atoms with van der Waals surface area (Å²) in [6.07, 6.45) is 0. The van der Waals surface area contributed by atoms with Gasteiger partial charge in [-0.05, 0) is 40.4 Å². The molecule has 0 aromatic heterocycles. The van der Waals surface area contributed by atoms with Crippen LogP contribution in [0.25, 0.3) is 0 Å². The van der Waals surface area contributed by atoms with Crippen LogP contribution in [-0.4, -0.2) is 35.7 Å². The lowest BCUT2D eigenvalue weighted by atomic mass is 10.9. The summed E-state index contributed by atoms with van der Waals surface area (Å²) in [5, 5.41) is 0. The lowest BCUT2D eigenvalue weighted by molar-refractivity contribution is 0.194. The summed E-state index contributed by atoms with van der Waals surface area (Å²) >= 11 is 0. The quantitative estimate of drug-likeness (QED) is 0.636. The van der Waals surface area contributed by atoms with Crippen molar-refractivity contribution in [1.82, 2.24) is 0 Å². The van der Waals surface area contributed by atoms with Crippen molar-refractivity contribution in [3.05, 3.63) is 0 Å². The van der Waals surface area contributed by atoms with Crippen LogP contribution in [0.3, 0.4) is 0 Å². The zero-order valence-electron chi connectivity index (χ0n) is 10.3. The Bertz CT molecular complexity index is 156. The monoisotopic (exact) mass is 236 g/mol. The highest BCUT2D eigenvalue weighted by Gasteiger charge is 2.51. The second-order valence-corrected chi connectivity index (χ2v) is 15.9. The van der Waals surface area contributed by atoms with Gasteiger partial charge in [-0.2, -0.15) is 0 Å². The molecule has 0 aliphatic heterocycles. The normalized spacial score (nSPS) is 13.3. The van der Waals surface area contributed by atoms with Crippen LogP contribution in [0, 0.1) is 0 Å². The molecule has 0 atom stereocenters. The molecule has 0 amide bonds. The minimum atomic E-state index is -2.08. The molecule has 0 rings (SSSR count). The smallest absolute Gasteiger partial charge is 0.345 e. The first kappa shape index (κ1) is 14.3. The van der Waals surface area contributed by atoms with Crippen LogP contribution in [-0.2, 0) is 13.3 Å². The highest BCUT2D eigenvalue weighted by molar-refractivity contribution is 7.33. The molecule has 0 aromatic carbocycles. The maximum Gasteiger partial charge on any atom is 0.345 e. The molecule has 0 bridgehead atoms. The maximum absolute atomic E-state index is 5.85. The fourth-order valence-electron chi connectivity index (χ4n) is 1.43. The molecule has 14 heavy (non-hydrogen) atoms. The van der Waals surface area contributed by atoms with Gasteiger partial charge in [0, 0.05) is 19.8 Å². The molecule has 0 aliphatic carbocycles. The average Bonchev–Trinajstić information content (AvgIpc) is 2.04. The van der Waals surface area contributed by atoms with Crippen LogP contribution in [0.4, 0.5) is 0 Å². The van der Waals surface area contributed by atoms with Gasteiger partial charge in [0.05, 0.1) is 0 Å². The summed E-state index contributed by atoms with van der Waals surface area (Å²) in [4.78, 5) is 0. The molecule has 0 heterocycles. The summed E-state index contributed by atoms with van der Waals surface area (Å²) in [5.41, 5.74) is 0. The third-order valence-electron chi connectivity index (χ3n) is 2.44. The topological polar surface area (TPSA) is 27.7 Å². The average molecular weight is 236 g/mol. The summed E-state index contributed by atoms with van der Waals surface area (Å²) in [6.45, 7) is 14.7. The van der Waals surface area contributed by atoms with Gasteiger partial charge >= 0.3 is 8.08 Å². The molecule has 0 saturated carbocycles. The Morgan fingerprint density at radius 1 is 0.714 bits per heavy atom. The van der Waals surface area contributed by atoms with E-state index in [2.05, 4.69) is 19.6 Å². The Morgan fingerprint density at radius 3 is 1.36 bits per heavy atom. The van der Waals surface area contributed by atoms with Crippen molar-refractivity contribution >= 4 is 15.9 Å². The van der Waals surface area contributed by atoms with E-state index in [4.69, 9.17) is 13.3 Å². The summed E-state index contributed by atoms with van der Waals surface area (Å²) in [5.74, 6) is 0. The van der Waals surface area contributed by atoms with Gasteiger partial charge in [0.1, 0.15) is 0 Å². The van der Waals surface area contributed by atoms with Crippen molar-refractivity contribution < 1.29 is 13.3 Å². The van der Waals surface area contributed by atoms with E-state index in [-0.39, 0.29) is 0 Å². The van der Waals surface area contributed by atoms with Crippen molar-refractivity contribution in [3.8, 4) is 0 Å². The van der Waals surface area contributed by atoms with Crippen LogP contribution < -0.4 is 0 Å². The van der Waals surface area contributed by atoms with Gasteiger partial charge in [-0.3, -0.25) is 0 Å². The molecule has 0 saturated heterocycles. The van der Waals surface area contributed by atoms with Crippen molar-refractivity contribution in [3.63, 3.8) is 0 Å². The fraction of sp³-hybridized carbons (Fsp3) is 1.00. The highest BCUT2D eigenvalue weighted by atomic mass is 29.3. The van der Waals surface area contributed by atoms with Gasteiger partial charge in [0.25, 0.3) is 0 Å². The van der Waals surface area contributed by atoms with Crippen LogP contribution >= 0.6 is 0 Å². The first-order valence-electron chi connectivity index (χ1n) is 5.35. The lowest BCUT2D eigenvalue weighted by Gasteiger charge is -2.37. The Kier molecular flexibility index (Phi) is 6.15.